The summed E-state index contributed by atoms with van der Waals surface area (Å²) in [7, 11) is 0. The maximum absolute atomic E-state index is 13.0. The van der Waals surface area contributed by atoms with Crippen molar-refractivity contribution in [2.75, 3.05) is 4.90 Å². The van der Waals surface area contributed by atoms with Crippen LogP contribution in [0.15, 0.2) is 66.7 Å². The molecule has 1 heterocycles. The fraction of sp³-hybridized carbons (Fsp3) is 0.238. The van der Waals surface area contributed by atoms with E-state index in [1.54, 1.807) is 0 Å². The van der Waals surface area contributed by atoms with E-state index < -0.39 is 0 Å². The fourth-order valence-electron chi connectivity index (χ4n) is 4.67. The van der Waals surface area contributed by atoms with Crippen LogP contribution in [0.1, 0.15) is 6.42 Å². The number of allylic oxidation sites excluding steroid dienone is 2. The molecule has 0 radical (unpaired) electrons. The molecule has 3 heteroatoms. The molecule has 2 fully saturated rings. The van der Waals surface area contributed by atoms with E-state index in [4.69, 9.17) is 0 Å². The van der Waals surface area contributed by atoms with Crippen LogP contribution in [0.25, 0.3) is 11.1 Å². The Balaban J connectivity index is 1.61. The van der Waals surface area contributed by atoms with Gasteiger partial charge in [0, 0.05) is 5.56 Å². The fourth-order valence-corrected chi connectivity index (χ4v) is 4.67. The first kappa shape index (κ1) is 13.7. The second kappa shape index (κ2) is 4.91. The minimum Gasteiger partial charge on any atom is -0.274 e. The molecule has 5 rings (SSSR count). The quantitative estimate of drug-likeness (QED) is 0.626. The third kappa shape index (κ3) is 1.72. The molecule has 0 spiro atoms. The number of benzene rings is 2. The number of carbonyl (C=O) groups is 2. The van der Waals surface area contributed by atoms with Crippen LogP contribution in [0.5, 0.6) is 0 Å². The van der Waals surface area contributed by atoms with Crippen LogP contribution in [-0.2, 0) is 9.59 Å². The lowest BCUT2D eigenvalue weighted by atomic mass is 9.85. The van der Waals surface area contributed by atoms with Crippen LogP contribution in [-0.4, -0.2) is 11.8 Å². The van der Waals surface area contributed by atoms with Gasteiger partial charge in [0.05, 0.1) is 17.5 Å². The number of carbonyl (C=O) groups excluding carboxylic acids is 2. The molecule has 118 valence electrons. The molecular weight excluding hydrogens is 298 g/mol. The molecular formula is C21H17NO2. The topological polar surface area (TPSA) is 37.4 Å². The number of fused-ring (bicyclic) bond motifs is 5. The summed E-state index contributed by atoms with van der Waals surface area (Å²) in [4.78, 5) is 27.5. The van der Waals surface area contributed by atoms with E-state index in [0.29, 0.717) is 5.69 Å². The summed E-state index contributed by atoms with van der Waals surface area (Å²) < 4.78 is 0. The van der Waals surface area contributed by atoms with Gasteiger partial charge in [-0.2, -0.15) is 0 Å². The van der Waals surface area contributed by atoms with Crippen molar-refractivity contribution in [3.05, 3.63) is 66.7 Å². The van der Waals surface area contributed by atoms with Gasteiger partial charge >= 0.3 is 0 Å². The van der Waals surface area contributed by atoms with Gasteiger partial charge in [-0.3, -0.25) is 9.59 Å². The first-order valence-electron chi connectivity index (χ1n) is 8.46. The van der Waals surface area contributed by atoms with Crippen LogP contribution in [0.2, 0.25) is 0 Å². The first-order chi connectivity index (χ1) is 11.8. The third-order valence-corrected chi connectivity index (χ3v) is 5.70. The maximum atomic E-state index is 13.0. The number of imide groups is 1. The van der Waals surface area contributed by atoms with E-state index >= 15 is 0 Å². The van der Waals surface area contributed by atoms with Gasteiger partial charge in [-0.1, -0.05) is 60.7 Å². The van der Waals surface area contributed by atoms with Crippen LogP contribution in [0.4, 0.5) is 5.69 Å². The average molecular weight is 315 g/mol. The Hall–Kier alpha value is -2.68. The Bertz CT molecular complexity index is 840. The molecule has 1 saturated heterocycles. The van der Waals surface area contributed by atoms with Gasteiger partial charge < -0.3 is 0 Å². The molecule has 1 aliphatic heterocycles. The molecule has 2 aliphatic carbocycles. The van der Waals surface area contributed by atoms with E-state index in [1.807, 2.05) is 54.6 Å². The summed E-state index contributed by atoms with van der Waals surface area (Å²) in [6.07, 6.45) is 5.22. The number of anilines is 1. The van der Waals surface area contributed by atoms with Gasteiger partial charge in [-0.25, -0.2) is 4.90 Å². The summed E-state index contributed by atoms with van der Waals surface area (Å²) in [5, 5.41) is 0. The van der Waals surface area contributed by atoms with Crippen LogP contribution < -0.4 is 4.90 Å². The van der Waals surface area contributed by atoms with Gasteiger partial charge in [-0.15, -0.1) is 0 Å². The maximum Gasteiger partial charge on any atom is 0.238 e. The molecule has 2 bridgehead atoms. The zero-order valence-corrected chi connectivity index (χ0v) is 13.1. The predicted molar refractivity (Wildman–Crippen MR) is 92.1 cm³/mol. The highest BCUT2D eigenvalue weighted by Gasteiger charge is 2.59. The van der Waals surface area contributed by atoms with Crippen molar-refractivity contribution in [2.45, 2.75) is 6.42 Å². The van der Waals surface area contributed by atoms with Crippen LogP contribution >= 0.6 is 0 Å². The van der Waals surface area contributed by atoms with Crippen molar-refractivity contribution < 1.29 is 9.59 Å². The number of hydrogen-bond acceptors (Lipinski definition) is 2. The van der Waals surface area contributed by atoms with Gasteiger partial charge in [0.1, 0.15) is 0 Å². The van der Waals surface area contributed by atoms with Crippen LogP contribution in [0.3, 0.4) is 0 Å². The molecule has 3 aliphatic rings. The van der Waals surface area contributed by atoms with Crippen molar-refractivity contribution >= 4 is 17.5 Å². The largest absolute Gasteiger partial charge is 0.274 e. The van der Waals surface area contributed by atoms with E-state index in [2.05, 4.69) is 12.2 Å². The lowest BCUT2D eigenvalue weighted by Gasteiger charge is -2.20. The summed E-state index contributed by atoms with van der Waals surface area (Å²) >= 11 is 0. The van der Waals surface area contributed by atoms with E-state index in [9.17, 15) is 9.59 Å². The van der Waals surface area contributed by atoms with Crippen LogP contribution in [0, 0.1) is 23.7 Å². The predicted octanol–water partition coefficient (Wildman–Crippen LogP) is 3.67. The van der Waals surface area contributed by atoms with Crippen molar-refractivity contribution in [3.63, 3.8) is 0 Å². The van der Waals surface area contributed by atoms with Crippen molar-refractivity contribution in [1.82, 2.24) is 0 Å². The summed E-state index contributed by atoms with van der Waals surface area (Å²) in [6.45, 7) is 0. The van der Waals surface area contributed by atoms with E-state index in [-0.39, 0.29) is 35.5 Å². The monoisotopic (exact) mass is 315 g/mol. The SMILES string of the molecule is O=C1[C@@H]2[C@H](C(=O)N1c1ccccc1-c1ccccc1)[C@H]1C=C[C@@H]2C1. The Morgan fingerprint density at radius 1 is 0.750 bits per heavy atom. The molecule has 4 atom stereocenters. The number of nitrogens with zero attached hydrogens (tertiary/aromatic N) is 1. The standard InChI is InChI=1S/C21H17NO2/c23-20-18-14-10-11-15(12-14)19(18)21(24)22(20)17-9-5-4-8-16(17)13-6-2-1-3-7-13/h1-11,14-15,18-19H,12H2/t14-,15+,18+,19-. The van der Waals surface area contributed by atoms with Gasteiger partial charge in [0.25, 0.3) is 0 Å². The van der Waals surface area contributed by atoms with E-state index in [1.165, 1.54) is 4.90 Å². The Labute approximate surface area is 140 Å². The molecule has 0 aromatic heterocycles. The third-order valence-electron chi connectivity index (χ3n) is 5.70. The summed E-state index contributed by atoms with van der Waals surface area (Å²) in [5.41, 5.74) is 2.67. The van der Waals surface area contributed by atoms with Gasteiger partial charge in [0.15, 0.2) is 0 Å². The normalized spacial score (nSPS) is 30.2. The van der Waals surface area contributed by atoms with Crippen molar-refractivity contribution in [2.24, 2.45) is 23.7 Å². The number of amides is 2. The Morgan fingerprint density at radius 3 is 2.00 bits per heavy atom. The number of rotatable bonds is 2. The zero-order chi connectivity index (χ0) is 16.3. The van der Waals surface area contributed by atoms with E-state index in [0.717, 1.165) is 17.5 Å². The average Bonchev–Trinajstić information content (AvgIpc) is 3.30. The smallest absolute Gasteiger partial charge is 0.238 e. The molecule has 0 unspecified atom stereocenters. The number of para-hydroxylation sites is 1. The van der Waals surface area contributed by atoms with Gasteiger partial charge in [0.2, 0.25) is 11.8 Å². The zero-order valence-electron chi connectivity index (χ0n) is 13.1. The second-order valence-corrected chi connectivity index (χ2v) is 6.89. The van der Waals surface area contributed by atoms with Crippen molar-refractivity contribution in [3.8, 4) is 11.1 Å². The molecule has 2 aromatic rings. The molecule has 2 aromatic carbocycles. The molecule has 0 N–H and O–H groups in total. The summed E-state index contributed by atoms with van der Waals surface area (Å²) in [5.74, 6) is 0.124. The highest BCUT2D eigenvalue weighted by Crippen LogP contribution is 2.53. The number of hydrogen-bond donors (Lipinski definition) is 0. The minimum absolute atomic E-state index is 0.0229. The second-order valence-electron chi connectivity index (χ2n) is 6.89. The molecule has 2 amide bonds. The summed E-state index contributed by atoms with van der Waals surface area (Å²) in [6, 6.07) is 17.6. The molecule has 24 heavy (non-hydrogen) atoms. The Kier molecular flexibility index (Phi) is 2.81. The lowest BCUT2D eigenvalue weighted by molar-refractivity contribution is -0.123. The highest BCUT2D eigenvalue weighted by atomic mass is 16.2. The van der Waals surface area contributed by atoms with Gasteiger partial charge in [-0.05, 0) is 29.9 Å². The lowest BCUT2D eigenvalue weighted by Crippen LogP contribution is -2.33. The van der Waals surface area contributed by atoms with Crippen molar-refractivity contribution in [1.29, 1.82) is 0 Å². The highest BCUT2D eigenvalue weighted by molar-refractivity contribution is 6.24. The molecule has 3 nitrogen and oxygen atoms in total. The molecule has 1 saturated carbocycles. The first-order valence-corrected chi connectivity index (χ1v) is 8.46. The minimum atomic E-state index is -0.156. The Morgan fingerprint density at radius 2 is 1.33 bits per heavy atom.